The van der Waals surface area contributed by atoms with Gasteiger partial charge in [-0.05, 0) is 6.07 Å². The summed E-state index contributed by atoms with van der Waals surface area (Å²) in [5.41, 5.74) is 0.696. The second kappa shape index (κ2) is 3.63. The van der Waals surface area contributed by atoms with Gasteiger partial charge in [-0.15, -0.1) is 0 Å². The van der Waals surface area contributed by atoms with Crippen LogP contribution in [0.3, 0.4) is 0 Å². The molecule has 0 N–H and O–H groups in total. The number of rotatable bonds is 0. The first-order valence-electron chi connectivity index (χ1n) is 3.90. The van der Waals surface area contributed by atoms with Gasteiger partial charge < -0.3 is 0 Å². The molecule has 0 aliphatic heterocycles. The van der Waals surface area contributed by atoms with E-state index < -0.39 is 10.1 Å². The Morgan fingerprint density at radius 1 is 1.20 bits per heavy atom. The zero-order valence-corrected chi connectivity index (χ0v) is 10.1. The summed E-state index contributed by atoms with van der Waals surface area (Å²) in [6.07, 6.45) is 1.52. The minimum atomic E-state index is -1.71. The van der Waals surface area contributed by atoms with Crippen molar-refractivity contribution in [3.8, 4) is 0 Å². The molecule has 0 saturated heterocycles. The predicted octanol–water partition coefficient (Wildman–Crippen LogP) is 3.44. The Morgan fingerprint density at radius 2 is 1.87 bits per heavy atom. The number of halogens is 4. The van der Waals surface area contributed by atoms with E-state index in [0.717, 1.165) is 0 Å². The molecule has 1 aromatic rings. The minimum absolute atomic E-state index is 0.0780. The van der Waals surface area contributed by atoms with Crippen LogP contribution in [0.25, 0.3) is 5.03 Å². The van der Waals surface area contributed by atoms with Crippen molar-refractivity contribution >= 4 is 57.2 Å². The smallest absolute Gasteiger partial charge is 0.216 e. The van der Waals surface area contributed by atoms with Crippen molar-refractivity contribution in [3.05, 3.63) is 34.6 Å². The first-order chi connectivity index (χ1) is 6.96. The van der Waals surface area contributed by atoms with E-state index in [2.05, 4.69) is 4.98 Å². The van der Waals surface area contributed by atoms with Crippen molar-refractivity contribution in [3.63, 3.8) is 0 Å². The van der Waals surface area contributed by atoms with Gasteiger partial charge in [-0.3, -0.25) is 9.78 Å². The van der Waals surface area contributed by atoms with E-state index in [1.165, 1.54) is 6.20 Å². The van der Waals surface area contributed by atoms with Crippen molar-refractivity contribution in [1.29, 1.82) is 0 Å². The summed E-state index contributed by atoms with van der Waals surface area (Å²) in [5.74, 6) is -0.627. The molecular weight excluding hydrogens is 280 g/mol. The molecule has 0 bridgehead atoms. The second-order valence-corrected chi connectivity index (χ2v) is 5.01. The maximum Gasteiger partial charge on any atom is 0.216 e. The van der Waals surface area contributed by atoms with E-state index in [-0.39, 0.29) is 10.1 Å². The fraction of sp³-hybridized carbons (Fsp3) is 0.111. The fourth-order valence-corrected chi connectivity index (χ4v) is 2.36. The molecule has 0 radical (unpaired) electrons. The number of carbonyl (C=O) groups is 1. The number of hydrogen-bond acceptors (Lipinski definition) is 2. The van der Waals surface area contributed by atoms with Gasteiger partial charge in [-0.25, -0.2) is 0 Å². The highest BCUT2D eigenvalue weighted by atomic mass is 35.5. The summed E-state index contributed by atoms with van der Waals surface area (Å²) in [6, 6.07) is 3.21. The molecular formula is C9H3Cl4NO. The molecule has 0 spiro atoms. The Morgan fingerprint density at radius 3 is 2.53 bits per heavy atom. The highest BCUT2D eigenvalue weighted by Gasteiger charge is 2.44. The van der Waals surface area contributed by atoms with Gasteiger partial charge in [0.1, 0.15) is 5.03 Å². The first kappa shape index (κ1) is 11.2. The third kappa shape index (κ3) is 1.56. The summed E-state index contributed by atoms with van der Waals surface area (Å²) in [4.78, 5) is 15.6. The van der Waals surface area contributed by atoms with Crippen LogP contribution in [0.4, 0.5) is 0 Å². The molecule has 15 heavy (non-hydrogen) atoms. The van der Waals surface area contributed by atoms with Crippen molar-refractivity contribution in [2.24, 2.45) is 0 Å². The fourth-order valence-electron chi connectivity index (χ4n) is 1.30. The summed E-state index contributed by atoms with van der Waals surface area (Å²) in [5, 5.41) is -0.109. The predicted molar refractivity (Wildman–Crippen MR) is 61.3 cm³/mol. The van der Waals surface area contributed by atoms with Crippen LogP contribution < -0.4 is 0 Å². The van der Waals surface area contributed by atoms with Crippen molar-refractivity contribution in [1.82, 2.24) is 4.98 Å². The van der Waals surface area contributed by atoms with Crippen LogP contribution in [-0.2, 0) is 9.13 Å². The normalized spacial score (nSPS) is 19.1. The van der Waals surface area contributed by atoms with Gasteiger partial charge in [0.25, 0.3) is 0 Å². The van der Waals surface area contributed by atoms with Gasteiger partial charge >= 0.3 is 0 Å². The molecule has 1 aliphatic carbocycles. The zero-order chi connectivity index (χ0) is 11.2. The summed E-state index contributed by atoms with van der Waals surface area (Å²) >= 11 is 23.4. The topological polar surface area (TPSA) is 30.0 Å². The molecule has 1 aromatic heterocycles. The zero-order valence-electron chi connectivity index (χ0n) is 7.10. The van der Waals surface area contributed by atoms with Crippen LogP contribution in [0.15, 0.2) is 23.4 Å². The lowest BCUT2D eigenvalue weighted by atomic mass is 10.00. The Hall–Kier alpha value is -0.280. The molecule has 1 aliphatic rings. The lowest BCUT2D eigenvalue weighted by Gasteiger charge is -2.25. The molecule has 0 aromatic carbocycles. The van der Waals surface area contributed by atoms with E-state index in [0.29, 0.717) is 11.3 Å². The average Bonchev–Trinajstić information content (AvgIpc) is 2.24. The largest absolute Gasteiger partial charge is 0.289 e. The summed E-state index contributed by atoms with van der Waals surface area (Å²) in [6.45, 7) is 0. The van der Waals surface area contributed by atoms with Crippen LogP contribution in [0.1, 0.15) is 11.3 Å². The standard InChI is InChI=1S/C9H3Cl4NO/c10-5-6(11)8(15)9(12,13)4-2-1-3-14-7(4)5/h1-3H. The monoisotopic (exact) mass is 281 g/mol. The van der Waals surface area contributed by atoms with Crippen molar-refractivity contribution in [2.45, 2.75) is 4.33 Å². The van der Waals surface area contributed by atoms with E-state index in [4.69, 9.17) is 46.4 Å². The number of aromatic nitrogens is 1. The summed E-state index contributed by atoms with van der Waals surface area (Å²) in [7, 11) is 0. The number of nitrogens with zero attached hydrogens (tertiary/aromatic N) is 1. The van der Waals surface area contributed by atoms with Crippen LogP contribution in [-0.4, -0.2) is 10.8 Å². The van der Waals surface area contributed by atoms with Crippen molar-refractivity contribution < 1.29 is 4.79 Å². The van der Waals surface area contributed by atoms with Gasteiger partial charge in [-0.2, -0.15) is 0 Å². The van der Waals surface area contributed by atoms with E-state index in [1.807, 2.05) is 0 Å². The van der Waals surface area contributed by atoms with Gasteiger partial charge in [0.05, 0.1) is 10.7 Å². The Bertz CT molecular complexity index is 481. The van der Waals surface area contributed by atoms with Gasteiger partial charge in [0.2, 0.25) is 10.1 Å². The number of Topliss-reactive ketones (excluding diaryl/α,β-unsaturated/α-hetero) is 1. The molecule has 0 fully saturated rings. The molecule has 6 heteroatoms. The highest BCUT2D eigenvalue weighted by Crippen LogP contribution is 2.47. The molecule has 2 nitrogen and oxygen atoms in total. The number of ketones is 1. The SMILES string of the molecule is O=C1C(Cl)=C(Cl)c2ncccc2C1(Cl)Cl. The number of fused-ring (bicyclic) bond motifs is 1. The number of allylic oxidation sites excluding steroid dienone is 1. The number of pyridine rings is 1. The average molecular weight is 283 g/mol. The minimum Gasteiger partial charge on any atom is -0.289 e. The van der Waals surface area contributed by atoms with E-state index in [9.17, 15) is 4.79 Å². The first-order valence-corrected chi connectivity index (χ1v) is 5.41. The van der Waals surface area contributed by atoms with Crippen LogP contribution in [0.2, 0.25) is 0 Å². The van der Waals surface area contributed by atoms with Gasteiger partial charge in [0, 0.05) is 11.8 Å². The molecule has 0 amide bonds. The lowest BCUT2D eigenvalue weighted by Crippen LogP contribution is -2.29. The third-order valence-corrected chi connectivity index (χ3v) is 3.61. The molecule has 78 valence electrons. The molecule has 0 saturated carbocycles. The Kier molecular flexibility index (Phi) is 2.72. The number of hydrogen-bond donors (Lipinski definition) is 0. The molecule has 0 atom stereocenters. The Labute approximate surface area is 106 Å². The highest BCUT2D eigenvalue weighted by molar-refractivity contribution is 6.69. The van der Waals surface area contributed by atoms with Crippen molar-refractivity contribution in [2.75, 3.05) is 0 Å². The van der Waals surface area contributed by atoms with E-state index in [1.54, 1.807) is 12.1 Å². The molecule has 0 unspecified atom stereocenters. The second-order valence-electron chi connectivity index (χ2n) is 2.93. The summed E-state index contributed by atoms with van der Waals surface area (Å²) < 4.78 is -1.71. The third-order valence-electron chi connectivity index (χ3n) is 2.03. The number of alkyl halides is 2. The quantitative estimate of drug-likeness (QED) is 0.683. The molecule has 1 heterocycles. The molecule has 2 rings (SSSR count). The maximum absolute atomic E-state index is 11.7. The van der Waals surface area contributed by atoms with Gasteiger partial charge in [-0.1, -0.05) is 52.5 Å². The van der Waals surface area contributed by atoms with Gasteiger partial charge in [0.15, 0.2) is 0 Å². The van der Waals surface area contributed by atoms with Crippen LogP contribution >= 0.6 is 46.4 Å². The van der Waals surface area contributed by atoms with Crippen LogP contribution in [0, 0.1) is 0 Å². The lowest BCUT2D eigenvalue weighted by molar-refractivity contribution is -0.115. The van der Waals surface area contributed by atoms with Crippen LogP contribution in [0.5, 0.6) is 0 Å². The Balaban J connectivity index is 2.80. The number of carbonyl (C=O) groups excluding carboxylic acids is 1. The maximum atomic E-state index is 11.7. The van der Waals surface area contributed by atoms with E-state index >= 15 is 0 Å².